The Bertz CT molecular complexity index is 1290. The molecule has 0 saturated heterocycles. The molecule has 1 amide bonds. The standard InChI is InChI=1S/C28H31F2N3O5/c1-16-23(13-31-33(16)22-8-6-19(7-9-22)17(2)34)28(38)32(14-18-10-20(29)12-21(30)11-18)15-26(37)27-24(35)4-3-5-25(27)36/h3-5,10-13,19,22,26,35-37H,6-9,14-15H2,1-2H3/t19-,22-,26?. The van der Waals surface area contributed by atoms with Crippen LogP contribution >= 0.6 is 0 Å². The zero-order valence-corrected chi connectivity index (χ0v) is 21.3. The van der Waals surface area contributed by atoms with Gasteiger partial charge in [-0.15, -0.1) is 0 Å². The predicted octanol–water partition coefficient (Wildman–Crippen LogP) is 4.58. The Labute approximate surface area is 219 Å². The normalized spacial score (nSPS) is 18.2. The van der Waals surface area contributed by atoms with Crippen LogP contribution in [0.2, 0.25) is 0 Å². The van der Waals surface area contributed by atoms with Gasteiger partial charge in [0, 0.05) is 24.2 Å². The van der Waals surface area contributed by atoms with Gasteiger partial charge >= 0.3 is 0 Å². The first-order chi connectivity index (χ1) is 18.0. The molecule has 2 aromatic carbocycles. The molecule has 4 rings (SSSR count). The average molecular weight is 528 g/mol. The fraction of sp³-hybridized carbons (Fsp3) is 0.393. The Morgan fingerprint density at radius 2 is 1.68 bits per heavy atom. The molecule has 8 nitrogen and oxygen atoms in total. The van der Waals surface area contributed by atoms with Crippen LogP contribution in [0.1, 0.15) is 71.9 Å². The summed E-state index contributed by atoms with van der Waals surface area (Å²) in [5.41, 5.74) is 0.850. The number of amides is 1. The Morgan fingerprint density at radius 1 is 1.08 bits per heavy atom. The third-order valence-corrected chi connectivity index (χ3v) is 7.26. The highest BCUT2D eigenvalue weighted by atomic mass is 19.1. The van der Waals surface area contributed by atoms with Crippen molar-refractivity contribution in [3.8, 4) is 11.5 Å². The summed E-state index contributed by atoms with van der Waals surface area (Å²) in [4.78, 5) is 26.6. The Hall–Kier alpha value is -3.79. The van der Waals surface area contributed by atoms with E-state index >= 15 is 0 Å². The Balaban J connectivity index is 1.62. The van der Waals surface area contributed by atoms with Crippen molar-refractivity contribution in [2.75, 3.05) is 6.54 Å². The molecule has 1 fully saturated rings. The first-order valence-corrected chi connectivity index (χ1v) is 12.5. The van der Waals surface area contributed by atoms with E-state index in [0.717, 1.165) is 43.9 Å². The van der Waals surface area contributed by atoms with Crippen molar-refractivity contribution in [1.82, 2.24) is 14.7 Å². The Kier molecular flexibility index (Phi) is 8.11. The van der Waals surface area contributed by atoms with Gasteiger partial charge in [-0.3, -0.25) is 14.3 Å². The molecule has 0 spiro atoms. The molecule has 1 aromatic heterocycles. The molecule has 0 aliphatic heterocycles. The number of aromatic nitrogens is 2. The maximum Gasteiger partial charge on any atom is 0.257 e. The van der Waals surface area contributed by atoms with Crippen molar-refractivity contribution in [2.24, 2.45) is 5.92 Å². The third kappa shape index (κ3) is 5.85. The summed E-state index contributed by atoms with van der Waals surface area (Å²) in [6, 6.07) is 6.93. The second-order valence-corrected chi connectivity index (χ2v) is 9.89. The molecule has 1 unspecified atom stereocenters. The van der Waals surface area contributed by atoms with E-state index in [9.17, 15) is 33.7 Å². The van der Waals surface area contributed by atoms with Gasteiger partial charge < -0.3 is 20.2 Å². The fourth-order valence-corrected chi connectivity index (χ4v) is 5.22. The maximum atomic E-state index is 13.9. The molecule has 1 atom stereocenters. The van der Waals surface area contributed by atoms with Crippen LogP contribution in [0, 0.1) is 24.5 Å². The minimum atomic E-state index is -1.49. The van der Waals surface area contributed by atoms with Crippen LogP contribution in [0.15, 0.2) is 42.6 Å². The topological polar surface area (TPSA) is 116 Å². The van der Waals surface area contributed by atoms with Gasteiger partial charge in [-0.05, 0) is 69.4 Å². The van der Waals surface area contributed by atoms with Crippen LogP contribution < -0.4 is 0 Å². The number of carbonyl (C=O) groups excluding carboxylic acids is 2. The van der Waals surface area contributed by atoms with E-state index in [0.29, 0.717) is 5.69 Å². The van der Waals surface area contributed by atoms with Crippen molar-refractivity contribution in [3.63, 3.8) is 0 Å². The molecular formula is C28H31F2N3O5. The molecule has 0 radical (unpaired) electrons. The molecule has 10 heteroatoms. The highest BCUT2D eigenvalue weighted by molar-refractivity contribution is 5.95. The number of aliphatic hydroxyl groups excluding tert-OH is 1. The zero-order chi connectivity index (χ0) is 27.6. The maximum absolute atomic E-state index is 13.9. The number of ketones is 1. The van der Waals surface area contributed by atoms with E-state index in [-0.39, 0.29) is 59.0 Å². The van der Waals surface area contributed by atoms with E-state index in [1.54, 1.807) is 18.5 Å². The number of benzene rings is 2. The third-order valence-electron chi connectivity index (χ3n) is 7.26. The zero-order valence-electron chi connectivity index (χ0n) is 21.3. The number of phenols is 2. The molecule has 0 bridgehead atoms. The van der Waals surface area contributed by atoms with Gasteiger partial charge in [0.25, 0.3) is 5.91 Å². The van der Waals surface area contributed by atoms with Gasteiger partial charge in [0.2, 0.25) is 0 Å². The lowest BCUT2D eigenvalue weighted by atomic mass is 9.84. The van der Waals surface area contributed by atoms with Gasteiger partial charge in [0.1, 0.15) is 35.0 Å². The van der Waals surface area contributed by atoms with Crippen LogP contribution in [0.4, 0.5) is 8.78 Å². The first kappa shape index (κ1) is 27.3. The Morgan fingerprint density at radius 3 is 2.26 bits per heavy atom. The molecule has 202 valence electrons. The lowest BCUT2D eigenvalue weighted by Gasteiger charge is -2.28. The number of hydrogen-bond donors (Lipinski definition) is 3. The van der Waals surface area contributed by atoms with E-state index in [2.05, 4.69) is 5.10 Å². The summed E-state index contributed by atoms with van der Waals surface area (Å²) in [6.45, 7) is 2.73. The number of nitrogens with zero attached hydrogens (tertiary/aromatic N) is 3. The largest absolute Gasteiger partial charge is 0.507 e. The summed E-state index contributed by atoms with van der Waals surface area (Å²) in [7, 11) is 0. The van der Waals surface area contributed by atoms with Gasteiger partial charge in [-0.25, -0.2) is 8.78 Å². The molecule has 38 heavy (non-hydrogen) atoms. The van der Waals surface area contributed by atoms with Crippen LogP contribution in [-0.2, 0) is 11.3 Å². The summed E-state index contributed by atoms with van der Waals surface area (Å²) in [5.74, 6) is -2.65. The molecule has 3 N–H and O–H groups in total. The second kappa shape index (κ2) is 11.3. The number of halogens is 2. The van der Waals surface area contributed by atoms with Gasteiger partial charge in [0.05, 0.1) is 29.9 Å². The summed E-state index contributed by atoms with van der Waals surface area (Å²) in [6.07, 6.45) is 2.93. The minimum Gasteiger partial charge on any atom is -0.507 e. The number of phenolic OH excluding ortho intramolecular Hbond substituents is 2. The number of rotatable bonds is 8. The predicted molar refractivity (Wildman–Crippen MR) is 134 cm³/mol. The van der Waals surface area contributed by atoms with E-state index in [4.69, 9.17) is 0 Å². The number of aliphatic hydroxyl groups is 1. The lowest BCUT2D eigenvalue weighted by Crippen LogP contribution is -2.35. The minimum absolute atomic E-state index is 0.0294. The van der Waals surface area contributed by atoms with Crippen LogP contribution in [0.3, 0.4) is 0 Å². The molecule has 1 aliphatic rings. The summed E-state index contributed by atoms with van der Waals surface area (Å²) < 4.78 is 29.6. The van der Waals surface area contributed by atoms with Crippen molar-refractivity contribution >= 4 is 11.7 Å². The van der Waals surface area contributed by atoms with E-state index in [1.807, 2.05) is 0 Å². The van der Waals surface area contributed by atoms with Crippen LogP contribution in [0.5, 0.6) is 11.5 Å². The smallest absolute Gasteiger partial charge is 0.257 e. The van der Waals surface area contributed by atoms with Crippen LogP contribution in [-0.4, -0.2) is 48.2 Å². The second-order valence-electron chi connectivity index (χ2n) is 9.89. The summed E-state index contributed by atoms with van der Waals surface area (Å²) >= 11 is 0. The van der Waals surface area contributed by atoms with Gasteiger partial charge in [-0.2, -0.15) is 5.10 Å². The van der Waals surface area contributed by atoms with Crippen molar-refractivity contribution in [2.45, 2.75) is 58.2 Å². The fourth-order valence-electron chi connectivity index (χ4n) is 5.22. The first-order valence-electron chi connectivity index (χ1n) is 12.5. The highest BCUT2D eigenvalue weighted by Gasteiger charge is 2.30. The van der Waals surface area contributed by atoms with Crippen LogP contribution in [0.25, 0.3) is 0 Å². The van der Waals surface area contributed by atoms with Gasteiger partial charge in [-0.1, -0.05) is 6.07 Å². The molecule has 3 aromatic rings. The van der Waals surface area contributed by atoms with Crippen molar-refractivity contribution in [1.29, 1.82) is 0 Å². The quantitative estimate of drug-likeness (QED) is 0.395. The number of carbonyl (C=O) groups is 2. The molecule has 1 aliphatic carbocycles. The summed E-state index contributed by atoms with van der Waals surface area (Å²) in [5, 5.41) is 35.7. The molecular weight excluding hydrogens is 496 g/mol. The van der Waals surface area contributed by atoms with E-state index < -0.39 is 23.6 Å². The van der Waals surface area contributed by atoms with E-state index in [1.165, 1.54) is 29.3 Å². The monoisotopic (exact) mass is 527 g/mol. The van der Waals surface area contributed by atoms with Crippen molar-refractivity contribution in [3.05, 3.63) is 76.6 Å². The highest BCUT2D eigenvalue weighted by Crippen LogP contribution is 2.35. The van der Waals surface area contributed by atoms with Gasteiger partial charge in [0.15, 0.2) is 0 Å². The molecule has 1 heterocycles. The number of Topliss-reactive ketones (excluding diaryl/α,β-unsaturated/α-hetero) is 1. The lowest BCUT2D eigenvalue weighted by molar-refractivity contribution is -0.121. The van der Waals surface area contributed by atoms with Crippen molar-refractivity contribution < 1.29 is 33.7 Å². The molecule has 1 saturated carbocycles. The SMILES string of the molecule is Cc1c(C(=O)N(Cc2cc(F)cc(F)c2)CC(O)c2c(O)cccc2O)cnn1[C@H]1CC[C@H](C(C)=O)CC1. The number of aromatic hydroxyl groups is 2. The number of hydrogen-bond acceptors (Lipinski definition) is 6. The average Bonchev–Trinajstić information content (AvgIpc) is 3.23.